The molecule has 9 rings (SSSR count). The van der Waals surface area contributed by atoms with E-state index in [1.807, 2.05) is 56.6 Å². The van der Waals surface area contributed by atoms with E-state index >= 15 is 0 Å². The molecule has 0 aliphatic heterocycles. The Hall–Kier alpha value is -5.55. The van der Waals surface area contributed by atoms with E-state index in [1.54, 1.807) is 0 Å². The second-order valence-electron chi connectivity index (χ2n) is 15.4. The van der Waals surface area contributed by atoms with Crippen molar-refractivity contribution in [1.29, 1.82) is 0 Å². The van der Waals surface area contributed by atoms with Crippen LogP contribution >= 0.6 is 0 Å². The number of pyridine rings is 4. The van der Waals surface area contributed by atoms with E-state index in [0.29, 0.717) is 0 Å². The van der Waals surface area contributed by atoms with Crippen LogP contribution in [0.25, 0.3) is 77.4 Å². The van der Waals surface area contributed by atoms with Gasteiger partial charge in [-0.25, -0.2) is 4.98 Å². The zero-order chi connectivity index (χ0) is 37.7. The predicted octanol–water partition coefficient (Wildman–Crippen LogP) is 12.6. The second-order valence-corrected chi connectivity index (χ2v) is 15.4. The van der Waals surface area contributed by atoms with Gasteiger partial charge in [0.15, 0.2) is 0 Å². The Labute approximate surface area is 336 Å². The van der Waals surface area contributed by atoms with Gasteiger partial charge >= 0.3 is 0 Å². The van der Waals surface area contributed by atoms with Crippen molar-refractivity contribution in [3.05, 3.63) is 155 Å². The number of rotatable bonds is 3. The van der Waals surface area contributed by atoms with Crippen LogP contribution in [0.3, 0.4) is 0 Å². The van der Waals surface area contributed by atoms with Crippen LogP contribution in [-0.2, 0) is 25.5 Å². The molecular formula is C49H42IrN4O-2. The molecule has 0 aliphatic rings. The topological polar surface area (TPSA) is 64.7 Å². The number of fused-ring (bicyclic) bond motifs is 6. The first-order chi connectivity index (χ1) is 25.9. The van der Waals surface area contributed by atoms with Crippen LogP contribution in [0.5, 0.6) is 0 Å². The summed E-state index contributed by atoms with van der Waals surface area (Å²) in [6, 6.07) is 40.2. The molecule has 0 amide bonds. The van der Waals surface area contributed by atoms with E-state index < -0.39 is 0 Å². The third-order valence-electron chi connectivity index (χ3n) is 10.0. The van der Waals surface area contributed by atoms with Gasteiger partial charge in [0.05, 0.1) is 11.1 Å². The number of nitrogens with zero attached hydrogens (tertiary/aromatic N) is 4. The number of aryl methyl sites for hydroxylation is 5. The molecule has 0 spiro atoms. The van der Waals surface area contributed by atoms with Crippen molar-refractivity contribution < 1.29 is 24.5 Å². The third-order valence-corrected chi connectivity index (χ3v) is 10.0. The minimum atomic E-state index is 0. The van der Waals surface area contributed by atoms with Gasteiger partial charge in [0.1, 0.15) is 11.1 Å². The zero-order valence-corrected chi connectivity index (χ0v) is 34.8. The van der Waals surface area contributed by atoms with Crippen molar-refractivity contribution >= 4 is 43.7 Å². The fourth-order valence-electron chi connectivity index (χ4n) is 6.89. The Balaban J connectivity index is 0.000000262. The van der Waals surface area contributed by atoms with Crippen molar-refractivity contribution in [3.63, 3.8) is 0 Å². The van der Waals surface area contributed by atoms with Gasteiger partial charge < -0.3 is 14.4 Å². The molecule has 55 heavy (non-hydrogen) atoms. The summed E-state index contributed by atoms with van der Waals surface area (Å²) in [6.07, 6.45) is 3.83. The van der Waals surface area contributed by atoms with Gasteiger partial charge in [-0.05, 0) is 91.2 Å². The quantitative estimate of drug-likeness (QED) is 0.165. The Kier molecular flexibility index (Phi) is 10.3. The summed E-state index contributed by atoms with van der Waals surface area (Å²) in [5, 5.41) is 4.29. The molecule has 9 aromatic rings. The molecule has 0 bridgehead atoms. The van der Waals surface area contributed by atoms with Crippen LogP contribution in [0.4, 0.5) is 0 Å². The number of furan rings is 1. The van der Waals surface area contributed by atoms with Crippen LogP contribution in [0.1, 0.15) is 54.4 Å². The van der Waals surface area contributed by atoms with Gasteiger partial charge in [-0.15, -0.1) is 53.6 Å². The molecule has 275 valence electrons. The molecule has 0 fully saturated rings. The average molecular weight is 895 g/mol. The van der Waals surface area contributed by atoms with Crippen LogP contribution in [0, 0.1) is 46.8 Å². The van der Waals surface area contributed by atoms with E-state index in [0.717, 1.165) is 88.8 Å². The molecular weight excluding hydrogens is 853 g/mol. The van der Waals surface area contributed by atoms with E-state index in [2.05, 4.69) is 125 Å². The zero-order valence-electron chi connectivity index (χ0n) is 32.4. The van der Waals surface area contributed by atoms with Crippen LogP contribution < -0.4 is 0 Å². The van der Waals surface area contributed by atoms with Crippen molar-refractivity contribution in [2.75, 3.05) is 0 Å². The summed E-state index contributed by atoms with van der Waals surface area (Å²) in [4.78, 5) is 19.0. The van der Waals surface area contributed by atoms with Crippen molar-refractivity contribution in [2.24, 2.45) is 0 Å². The van der Waals surface area contributed by atoms with Gasteiger partial charge in [-0.2, -0.15) is 0 Å². The average Bonchev–Trinajstić information content (AvgIpc) is 3.55. The van der Waals surface area contributed by atoms with Gasteiger partial charge in [-0.3, -0.25) is 4.98 Å². The first-order valence-corrected chi connectivity index (χ1v) is 18.4. The Bertz CT molecular complexity index is 2810. The molecule has 4 aromatic carbocycles. The van der Waals surface area contributed by atoms with E-state index in [1.165, 1.54) is 22.3 Å². The predicted molar refractivity (Wildman–Crippen MR) is 223 cm³/mol. The Morgan fingerprint density at radius 1 is 0.600 bits per heavy atom. The SMILES string of the molecule is Cc1c[c-]c(-c2ccc(C)cn2)cc1.Cc1ccc2ccc3c4cc[c-]c(-c5cc(-c6cc7ccc(C(C)(C)C)nc7cc6C)c(C)cn5)c4oc3c2n1.[Ir]. The third kappa shape index (κ3) is 7.45. The first-order valence-electron chi connectivity index (χ1n) is 18.4. The molecule has 0 N–H and O–H groups in total. The van der Waals surface area contributed by atoms with Crippen LogP contribution in [0.15, 0.2) is 114 Å². The maximum atomic E-state index is 6.56. The normalized spacial score (nSPS) is 11.5. The summed E-state index contributed by atoms with van der Waals surface area (Å²) in [7, 11) is 0. The molecule has 0 aliphatic carbocycles. The van der Waals surface area contributed by atoms with Crippen LogP contribution in [0.2, 0.25) is 0 Å². The minimum absolute atomic E-state index is 0. The molecule has 6 heteroatoms. The van der Waals surface area contributed by atoms with Crippen molar-refractivity contribution in [1.82, 2.24) is 19.9 Å². The van der Waals surface area contributed by atoms with Crippen LogP contribution in [-0.4, -0.2) is 19.9 Å². The maximum absolute atomic E-state index is 6.56. The Morgan fingerprint density at radius 2 is 1.33 bits per heavy atom. The Morgan fingerprint density at radius 3 is 2.07 bits per heavy atom. The van der Waals surface area contributed by atoms with Crippen molar-refractivity contribution in [2.45, 2.75) is 60.8 Å². The fourth-order valence-corrected chi connectivity index (χ4v) is 6.89. The molecule has 5 aromatic heterocycles. The number of benzene rings is 4. The molecule has 0 unspecified atom stereocenters. The van der Waals surface area contributed by atoms with Gasteiger partial charge in [0, 0.05) is 65.5 Å². The minimum Gasteiger partial charge on any atom is -0.498 e. The van der Waals surface area contributed by atoms with E-state index in [4.69, 9.17) is 19.4 Å². The van der Waals surface area contributed by atoms with Gasteiger partial charge in [-0.1, -0.05) is 81.1 Å². The summed E-state index contributed by atoms with van der Waals surface area (Å²) in [6.45, 7) is 17.0. The molecule has 5 nitrogen and oxygen atoms in total. The van der Waals surface area contributed by atoms with Gasteiger partial charge in [0.2, 0.25) is 0 Å². The monoisotopic (exact) mass is 895 g/mol. The smallest absolute Gasteiger partial charge is 0.147 e. The molecule has 0 saturated heterocycles. The summed E-state index contributed by atoms with van der Waals surface area (Å²) in [5.74, 6) is 0. The maximum Gasteiger partial charge on any atom is 0.147 e. The molecule has 5 heterocycles. The molecule has 0 atom stereocenters. The standard InChI is InChI=1S/C36H30N3O.C13H12N.Ir/c1-20-16-30-24(13-15-32(39-30)36(4,5)6)17-28(20)29-18-31(37-19-21(29)2)27-9-7-8-25-26-14-12-23-11-10-22(3)38-33(23)35(26)40-34(25)27;1-10-3-6-12(7-4-10)13-8-5-11(2)9-14-13;/h7-8,10-19H,1-6H3;3-6,8-9H,1-2H3;/q2*-1;. The summed E-state index contributed by atoms with van der Waals surface area (Å²) >= 11 is 0. The summed E-state index contributed by atoms with van der Waals surface area (Å²) < 4.78 is 6.56. The summed E-state index contributed by atoms with van der Waals surface area (Å²) in [5.41, 5.74) is 16.3. The first kappa shape index (κ1) is 37.8. The largest absolute Gasteiger partial charge is 0.498 e. The number of aromatic nitrogens is 4. The molecule has 0 saturated carbocycles. The van der Waals surface area contributed by atoms with Crippen molar-refractivity contribution in [3.8, 4) is 33.6 Å². The fraction of sp³-hybridized carbons (Fsp3) is 0.184. The molecule has 1 radical (unpaired) electrons. The second kappa shape index (κ2) is 14.9. The van der Waals surface area contributed by atoms with E-state index in [9.17, 15) is 0 Å². The number of hydrogen-bond acceptors (Lipinski definition) is 5. The van der Waals surface area contributed by atoms with Gasteiger partial charge in [0.25, 0.3) is 0 Å². The van der Waals surface area contributed by atoms with E-state index in [-0.39, 0.29) is 25.5 Å². The number of hydrogen-bond donors (Lipinski definition) is 0.